The van der Waals surface area contributed by atoms with Crippen LogP contribution in [0.2, 0.25) is 5.02 Å². The molecular weight excluding hydrogens is 269 g/mol. The number of anilines is 3. The van der Waals surface area contributed by atoms with Crippen LogP contribution in [0.1, 0.15) is 10.4 Å². The van der Waals surface area contributed by atoms with Crippen LogP contribution in [-0.4, -0.2) is 5.91 Å². The van der Waals surface area contributed by atoms with Crippen LogP contribution >= 0.6 is 11.6 Å². The lowest BCUT2D eigenvalue weighted by Gasteiger charge is -2.08. The number of hydrogen-bond acceptors (Lipinski definition) is 3. The Labute approximate surface area is 114 Å². The summed E-state index contributed by atoms with van der Waals surface area (Å²) in [6.45, 7) is 0. The Kier molecular flexibility index (Phi) is 3.57. The highest BCUT2D eigenvalue weighted by molar-refractivity contribution is 6.31. The molecule has 4 nitrogen and oxygen atoms in total. The van der Waals surface area contributed by atoms with Gasteiger partial charge in [-0.25, -0.2) is 4.39 Å². The van der Waals surface area contributed by atoms with Crippen LogP contribution < -0.4 is 16.8 Å². The van der Waals surface area contributed by atoms with E-state index in [0.29, 0.717) is 11.4 Å². The van der Waals surface area contributed by atoms with E-state index < -0.39 is 11.7 Å². The summed E-state index contributed by atoms with van der Waals surface area (Å²) in [7, 11) is 0. The molecule has 0 atom stereocenters. The molecule has 0 unspecified atom stereocenters. The van der Waals surface area contributed by atoms with Gasteiger partial charge in [0, 0.05) is 16.9 Å². The largest absolute Gasteiger partial charge is 0.399 e. The number of carbonyl (C=O) groups excluding carboxylic acids is 1. The molecule has 0 aliphatic rings. The summed E-state index contributed by atoms with van der Waals surface area (Å²) in [5, 5.41) is 2.35. The minimum atomic E-state index is -0.686. The number of nitrogen functional groups attached to an aromatic ring is 2. The first kappa shape index (κ1) is 13.2. The predicted octanol–water partition coefficient (Wildman–Crippen LogP) is 2.90. The predicted molar refractivity (Wildman–Crippen MR) is 74.6 cm³/mol. The van der Waals surface area contributed by atoms with E-state index in [2.05, 4.69) is 5.32 Å². The number of rotatable bonds is 2. The van der Waals surface area contributed by atoms with Gasteiger partial charge in [0.15, 0.2) is 5.82 Å². The topological polar surface area (TPSA) is 81.1 Å². The van der Waals surface area contributed by atoms with Gasteiger partial charge in [-0.3, -0.25) is 4.79 Å². The molecule has 0 radical (unpaired) electrons. The van der Waals surface area contributed by atoms with Gasteiger partial charge in [-0.15, -0.1) is 0 Å². The van der Waals surface area contributed by atoms with Crippen molar-refractivity contribution in [1.82, 2.24) is 0 Å². The van der Waals surface area contributed by atoms with E-state index in [-0.39, 0.29) is 16.3 Å². The zero-order valence-electron chi connectivity index (χ0n) is 9.78. The molecule has 0 aliphatic heterocycles. The van der Waals surface area contributed by atoms with Gasteiger partial charge in [0.25, 0.3) is 5.91 Å². The van der Waals surface area contributed by atoms with Crippen LogP contribution in [0, 0.1) is 5.82 Å². The van der Waals surface area contributed by atoms with Gasteiger partial charge >= 0.3 is 0 Å². The van der Waals surface area contributed by atoms with E-state index in [1.54, 1.807) is 0 Å². The molecule has 2 aromatic carbocycles. The van der Waals surface area contributed by atoms with Crippen LogP contribution in [0.15, 0.2) is 36.4 Å². The van der Waals surface area contributed by atoms with Crippen molar-refractivity contribution in [2.24, 2.45) is 0 Å². The Morgan fingerprint density at radius 2 is 1.79 bits per heavy atom. The van der Waals surface area contributed by atoms with Gasteiger partial charge in [-0.2, -0.15) is 0 Å². The lowest BCUT2D eigenvalue weighted by Crippen LogP contribution is -2.13. The van der Waals surface area contributed by atoms with Gasteiger partial charge in [0.05, 0.1) is 10.7 Å². The van der Waals surface area contributed by atoms with Crippen molar-refractivity contribution >= 4 is 34.6 Å². The number of benzene rings is 2. The third-order valence-corrected chi connectivity index (χ3v) is 2.73. The number of amides is 1. The standard InChI is InChI=1S/C13H11ClFN3O/c14-10-2-1-3-11(12(10)15)18-13(19)7-4-8(16)6-9(17)5-7/h1-6H,16-17H2,(H,18,19). The minimum Gasteiger partial charge on any atom is -0.399 e. The molecule has 5 N–H and O–H groups in total. The molecule has 0 bridgehead atoms. The molecule has 19 heavy (non-hydrogen) atoms. The van der Waals surface area contributed by atoms with E-state index in [1.807, 2.05) is 0 Å². The number of nitrogens with two attached hydrogens (primary N) is 2. The second-order valence-electron chi connectivity index (χ2n) is 3.94. The van der Waals surface area contributed by atoms with E-state index >= 15 is 0 Å². The maximum atomic E-state index is 13.6. The Hall–Kier alpha value is -2.27. The summed E-state index contributed by atoms with van der Waals surface area (Å²) in [4.78, 5) is 12.0. The molecule has 1 amide bonds. The first-order valence-electron chi connectivity index (χ1n) is 5.39. The van der Waals surface area contributed by atoms with Crippen molar-refractivity contribution in [1.29, 1.82) is 0 Å². The van der Waals surface area contributed by atoms with E-state index in [0.717, 1.165) is 0 Å². The third kappa shape index (κ3) is 2.95. The number of carbonyl (C=O) groups is 1. The van der Waals surface area contributed by atoms with Crippen molar-refractivity contribution in [2.75, 3.05) is 16.8 Å². The molecule has 0 aliphatic carbocycles. The smallest absolute Gasteiger partial charge is 0.255 e. The maximum Gasteiger partial charge on any atom is 0.255 e. The van der Waals surface area contributed by atoms with Crippen molar-refractivity contribution < 1.29 is 9.18 Å². The van der Waals surface area contributed by atoms with Gasteiger partial charge in [0.1, 0.15) is 0 Å². The first-order valence-corrected chi connectivity index (χ1v) is 5.76. The summed E-state index contributed by atoms with van der Waals surface area (Å²) in [6.07, 6.45) is 0. The van der Waals surface area contributed by atoms with Crippen molar-refractivity contribution in [3.63, 3.8) is 0 Å². The fraction of sp³-hybridized carbons (Fsp3) is 0. The summed E-state index contributed by atoms with van der Waals surface area (Å²) < 4.78 is 13.6. The Morgan fingerprint density at radius 1 is 1.16 bits per heavy atom. The number of halogens is 2. The lowest BCUT2D eigenvalue weighted by atomic mass is 10.1. The Bertz CT molecular complexity index is 626. The maximum absolute atomic E-state index is 13.6. The normalized spacial score (nSPS) is 10.2. The second kappa shape index (κ2) is 5.16. The fourth-order valence-corrected chi connectivity index (χ4v) is 1.78. The zero-order chi connectivity index (χ0) is 14.0. The first-order chi connectivity index (χ1) is 8.97. The van der Waals surface area contributed by atoms with Crippen LogP contribution in [0.5, 0.6) is 0 Å². The Balaban J connectivity index is 2.28. The second-order valence-corrected chi connectivity index (χ2v) is 4.35. The number of nitrogens with one attached hydrogen (secondary N) is 1. The molecule has 2 rings (SSSR count). The summed E-state index contributed by atoms with van der Waals surface area (Å²) >= 11 is 5.63. The fourth-order valence-electron chi connectivity index (χ4n) is 1.60. The molecule has 98 valence electrons. The van der Waals surface area contributed by atoms with Gasteiger partial charge in [-0.05, 0) is 30.3 Å². The highest BCUT2D eigenvalue weighted by atomic mass is 35.5. The molecule has 0 spiro atoms. The molecule has 0 heterocycles. The van der Waals surface area contributed by atoms with Crippen molar-refractivity contribution in [3.8, 4) is 0 Å². The van der Waals surface area contributed by atoms with E-state index in [9.17, 15) is 9.18 Å². The molecular formula is C13H11ClFN3O. The van der Waals surface area contributed by atoms with Gasteiger partial charge < -0.3 is 16.8 Å². The van der Waals surface area contributed by atoms with E-state index in [1.165, 1.54) is 36.4 Å². The van der Waals surface area contributed by atoms with Crippen molar-refractivity contribution in [2.45, 2.75) is 0 Å². The van der Waals surface area contributed by atoms with E-state index in [4.69, 9.17) is 23.1 Å². The lowest BCUT2D eigenvalue weighted by molar-refractivity contribution is 0.102. The molecule has 0 saturated carbocycles. The molecule has 0 aromatic heterocycles. The molecule has 6 heteroatoms. The summed E-state index contributed by atoms with van der Waals surface area (Å²) in [5.41, 5.74) is 12.1. The average Bonchev–Trinajstić information content (AvgIpc) is 2.33. The Morgan fingerprint density at radius 3 is 2.42 bits per heavy atom. The zero-order valence-corrected chi connectivity index (χ0v) is 10.5. The number of hydrogen-bond donors (Lipinski definition) is 3. The average molecular weight is 280 g/mol. The van der Waals surface area contributed by atoms with Crippen LogP contribution in [-0.2, 0) is 0 Å². The van der Waals surface area contributed by atoms with Crippen LogP contribution in [0.4, 0.5) is 21.5 Å². The van der Waals surface area contributed by atoms with Crippen molar-refractivity contribution in [3.05, 3.63) is 52.8 Å². The van der Waals surface area contributed by atoms with Gasteiger partial charge in [-0.1, -0.05) is 17.7 Å². The van der Waals surface area contributed by atoms with Gasteiger partial charge in [0.2, 0.25) is 0 Å². The minimum absolute atomic E-state index is 0.00139. The summed E-state index contributed by atoms with van der Waals surface area (Å²) in [5.74, 6) is -1.20. The monoisotopic (exact) mass is 279 g/mol. The molecule has 0 saturated heterocycles. The highest BCUT2D eigenvalue weighted by Gasteiger charge is 2.12. The molecule has 0 fully saturated rings. The SMILES string of the molecule is Nc1cc(N)cc(C(=O)Nc2cccc(Cl)c2F)c1. The highest BCUT2D eigenvalue weighted by Crippen LogP contribution is 2.23. The van der Waals surface area contributed by atoms with Crippen LogP contribution in [0.3, 0.4) is 0 Å². The quantitative estimate of drug-likeness (QED) is 0.739. The van der Waals surface area contributed by atoms with Crippen LogP contribution in [0.25, 0.3) is 0 Å². The third-order valence-electron chi connectivity index (χ3n) is 2.44. The summed E-state index contributed by atoms with van der Waals surface area (Å²) in [6, 6.07) is 8.77. The molecule has 2 aromatic rings.